The van der Waals surface area contributed by atoms with Crippen LogP contribution in [0.4, 0.5) is 17.8 Å². The van der Waals surface area contributed by atoms with Crippen LogP contribution in [0.3, 0.4) is 0 Å². The van der Waals surface area contributed by atoms with Crippen LogP contribution in [0.15, 0.2) is 21.7 Å². The molecule has 0 spiro atoms. The van der Waals surface area contributed by atoms with Gasteiger partial charge in [0.2, 0.25) is 11.9 Å². The molecule has 0 atom stereocenters. The molecular formula is C10H11N7O3. The van der Waals surface area contributed by atoms with Crippen LogP contribution >= 0.6 is 0 Å². The minimum absolute atomic E-state index is 0.240. The molecule has 0 aromatic carbocycles. The SMILES string of the molecule is CNc1nc(C)nc(N/N=C/c2ccc([N+](=O)[O-])o2)n1. The lowest BCUT2D eigenvalue weighted by molar-refractivity contribution is -0.402. The van der Waals surface area contributed by atoms with Crippen LogP contribution in [-0.4, -0.2) is 33.1 Å². The number of rotatable bonds is 5. The number of furan rings is 1. The second-order valence-electron chi connectivity index (χ2n) is 3.58. The van der Waals surface area contributed by atoms with Gasteiger partial charge >= 0.3 is 5.88 Å². The topological polar surface area (TPSA) is 131 Å². The Hall–Kier alpha value is -3.04. The van der Waals surface area contributed by atoms with E-state index in [2.05, 4.69) is 30.8 Å². The van der Waals surface area contributed by atoms with E-state index in [0.29, 0.717) is 11.8 Å². The highest BCUT2D eigenvalue weighted by atomic mass is 16.6. The molecule has 20 heavy (non-hydrogen) atoms. The summed E-state index contributed by atoms with van der Waals surface area (Å²) >= 11 is 0. The van der Waals surface area contributed by atoms with Crippen molar-refractivity contribution < 1.29 is 9.34 Å². The fourth-order valence-corrected chi connectivity index (χ4v) is 1.31. The van der Waals surface area contributed by atoms with Gasteiger partial charge in [0.1, 0.15) is 10.7 Å². The summed E-state index contributed by atoms with van der Waals surface area (Å²) in [4.78, 5) is 21.9. The van der Waals surface area contributed by atoms with Crippen LogP contribution in [-0.2, 0) is 0 Å². The molecule has 10 nitrogen and oxygen atoms in total. The zero-order valence-electron chi connectivity index (χ0n) is 10.7. The molecule has 0 unspecified atom stereocenters. The number of aromatic nitrogens is 3. The molecule has 0 aliphatic heterocycles. The lowest BCUT2D eigenvalue weighted by atomic mass is 10.5. The smallest absolute Gasteiger partial charge is 0.400 e. The summed E-state index contributed by atoms with van der Waals surface area (Å²) in [7, 11) is 1.68. The molecule has 2 aromatic rings. The van der Waals surface area contributed by atoms with Crippen molar-refractivity contribution in [1.29, 1.82) is 0 Å². The van der Waals surface area contributed by atoms with Crippen LogP contribution in [0.1, 0.15) is 11.6 Å². The third-order valence-electron chi connectivity index (χ3n) is 2.12. The number of hydrogen-bond acceptors (Lipinski definition) is 9. The molecule has 2 aromatic heterocycles. The first-order valence-corrected chi connectivity index (χ1v) is 5.52. The molecule has 0 fully saturated rings. The average Bonchev–Trinajstić information content (AvgIpc) is 2.87. The maximum Gasteiger partial charge on any atom is 0.433 e. The molecule has 2 rings (SSSR count). The van der Waals surface area contributed by atoms with Gasteiger partial charge in [-0.25, -0.2) is 5.43 Å². The van der Waals surface area contributed by atoms with E-state index in [1.54, 1.807) is 14.0 Å². The molecule has 0 radical (unpaired) electrons. The predicted octanol–water partition coefficient (Wildman–Crippen LogP) is 1.17. The van der Waals surface area contributed by atoms with Gasteiger partial charge in [0.15, 0.2) is 5.76 Å². The Morgan fingerprint density at radius 1 is 1.35 bits per heavy atom. The highest BCUT2D eigenvalue weighted by Gasteiger charge is 2.10. The predicted molar refractivity (Wildman–Crippen MR) is 70.7 cm³/mol. The minimum Gasteiger partial charge on any atom is -0.400 e. The monoisotopic (exact) mass is 277 g/mol. The number of hydrogen-bond donors (Lipinski definition) is 2. The molecule has 0 saturated carbocycles. The summed E-state index contributed by atoms with van der Waals surface area (Å²) in [5.74, 6) is 1.07. The van der Waals surface area contributed by atoms with E-state index in [1.165, 1.54) is 18.3 Å². The molecule has 10 heteroatoms. The molecule has 0 saturated heterocycles. The zero-order valence-corrected chi connectivity index (χ0v) is 10.7. The van der Waals surface area contributed by atoms with E-state index in [9.17, 15) is 10.1 Å². The number of hydrazone groups is 1. The van der Waals surface area contributed by atoms with Crippen LogP contribution in [0, 0.1) is 17.0 Å². The van der Waals surface area contributed by atoms with E-state index in [4.69, 9.17) is 4.42 Å². The van der Waals surface area contributed by atoms with E-state index in [-0.39, 0.29) is 17.6 Å². The number of nitrogens with zero attached hydrogens (tertiary/aromatic N) is 5. The first-order valence-electron chi connectivity index (χ1n) is 5.52. The van der Waals surface area contributed by atoms with Gasteiger partial charge in [-0.3, -0.25) is 10.1 Å². The lowest BCUT2D eigenvalue weighted by Crippen LogP contribution is -2.04. The number of aryl methyl sites for hydroxylation is 1. The van der Waals surface area contributed by atoms with Crippen molar-refractivity contribution in [3.05, 3.63) is 33.8 Å². The third-order valence-corrected chi connectivity index (χ3v) is 2.12. The fraction of sp³-hybridized carbons (Fsp3) is 0.200. The number of anilines is 2. The van der Waals surface area contributed by atoms with Gasteiger partial charge in [0.05, 0.1) is 12.3 Å². The van der Waals surface area contributed by atoms with Crippen molar-refractivity contribution in [3.8, 4) is 0 Å². The Labute approximate surface area is 113 Å². The summed E-state index contributed by atoms with van der Waals surface area (Å²) in [5.41, 5.74) is 2.58. The van der Waals surface area contributed by atoms with Crippen LogP contribution in [0.2, 0.25) is 0 Å². The van der Waals surface area contributed by atoms with Crippen LogP contribution in [0.5, 0.6) is 0 Å². The normalized spacial score (nSPS) is 10.7. The summed E-state index contributed by atoms with van der Waals surface area (Å²) in [6.07, 6.45) is 1.28. The van der Waals surface area contributed by atoms with Gasteiger partial charge in [0, 0.05) is 7.05 Å². The minimum atomic E-state index is -0.626. The maximum atomic E-state index is 10.4. The first kappa shape index (κ1) is 13.4. The quantitative estimate of drug-likeness (QED) is 0.473. The Balaban J connectivity index is 2.05. The molecule has 0 amide bonds. The van der Waals surface area contributed by atoms with Crippen molar-refractivity contribution >= 4 is 24.0 Å². The van der Waals surface area contributed by atoms with E-state index in [0.717, 1.165) is 0 Å². The Bertz CT molecular complexity index is 652. The molecule has 0 aliphatic rings. The highest BCUT2D eigenvalue weighted by Crippen LogP contribution is 2.13. The van der Waals surface area contributed by atoms with E-state index >= 15 is 0 Å². The summed E-state index contributed by atoms with van der Waals surface area (Å²) in [5, 5.41) is 17.0. The zero-order chi connectivity index (χ0) is 14.5. The highest BCUT2D eigenvalue weighted by molar-refractivity contribution is 5.76. The van der Waals surface area contributed by atoms with Gasteiger partial charge in [0.25, 0.3) is 0 Å². The van der Waals surface area contributed by atoms with Crippen LogP contribution < -0.4 is 10.7 Å². The van der Waals surface area contributed by atoms with Crippen molar-refractivity contribution in [2.45, 2.75) is 6.92 Å². The second-order valence-corrected chi connectivity index (χ2v) is 3.58. The molecule has 2 heterocycles. The van der Waals surface area contributed by atoms with Gasteiger partial charge < -0.3 is 9.73 Å². The number of nitrogens with one attached hydrogen (secondary N) is 2. The second kappa shape index (κ2) is 5.73. The first-order chi connectivity index (χ1) is 9.58. The lowest BCUT2D eigenvalue weighted by Gasteiger charge is -2.02. The van der Waals surface area contributed by atoms with Gasteiger partial charge in [-0.15, -0.1) is 0 Å². The molecule has 104 valence electrons. The molecule has 0 aliphatic carbocycles. The average molecular weight is 277 g/mol. The van der Waals surface area contributed by atoms with Crippen molar-refractivity contribution in [3.63, 3.8) is 0 Å². The third kappa shape index (κ3) is 3.25. The Morgan fingerprint density at radius 3 is 2.75 bits per heavy atom. The standard InChI is InChI=1S/C10H11N7O3/c1-6-13-9(11-2)15-10(14-6)16-12-5-7-3-4-8(20-7)17(18)19/h3-5H,1-2H3,(H2,11,13,14,15,16)/b12-5+. The Kier molecular flexibility index (Phi) is 3.84. The molecular weight excluding hydrogens is 266 g/mol. The van der Waals surface area contributed by atoms with Crippen molar-refractivity contribution in [2.24, 2.45) is 5.10 Å². The van der Waals surface area contributed by atoms with Crippen molar-refractivity contribution in [2.75, 3.05) is 17.8 Å². The largest absolute Gasteiger partial charge is 0.433 e. The van der Waals surface area contributed by atoms with Gasteiger partial charge in [-0.1, -0.05) is 0 Å². The summed E-state index contributed by atoms with van der Waals surface area (Å²) < 4.78 is 4.90. The molecule has 2 N–H and O–H groups in total. The van der Waals surface area contributed by atoms with Gasteiger partial charge in [-0.2, -0.15) is 20.1 Å². The van der Waals surface area contributed by atoms with Crippen LogP contribution in [0.25, 0.3) is 0 Å². The summed E-state index contributed by atoms with van der Waals surface area (Å²) in [6, 6.07) is 2.68. The fourth-order valence-electron chi connectivity index (χ4n) is 1.31. The van der Waals surface area contributed by atoms with E-state index in [1.807, 2.05) is 0 Å². The Morgan fingerprint density at radius 2 is 2.10 bits per heavy atom. The van der Waals surface area contributed by atoms with Gasteiger partial charge in [-0.05, 0) is 13.0 Å². The van der Waals surface area contributed by atoms with Crippen molar-refractivity contribution in [1.82, 2.24) is 15.0 Å². The number of nitro groups is 1. The summed E-state index contributed by atoms with van der Waals surface area (Å²) in [6.45, 7) is 1.72. The maximum absolute atomic E-state index is 10.4. The molecule has 0 bridgehead atoms. The van der Waals surface area contributed by atoms with E-state index < -0.39 is 4.92 Å².